The molecule has 2 unspecified atom stereocenters. The van der Waals surface area contributed by atoms with Gasteiger partial charge in [-0.25, -0.2) is 9.13 Å². The summed E-state index contributed by atoms with van der Waals surface area (Å²) >= 11 is 0. The summed E-state index contributed by atoms with van der Waals surface area (Å²) in [5.74, 6) is -0.571. The van der Waals surface area contributed by atoms with E-state index < -0.39 is 97.5 Å². The van der Waals surface area contributed by atoms with E-state index in [0.717, 1.165) is 102 Å². The highest BCUT2D eigenvalue weighted by atomic mass is 31.2. The zero-order chi connectivity index (χ0) is 74.2. The summed E-state index contributed by atoms with van der Waals surface area (Å²) in [6.07, 6.45) is 63.8. The Morgan fingerprint density at radius 3 is 0.673 bits per heavy atom. The van der Waals surface area contributed by atoms with Crippen molar-refractivity contribution in [3.63, 3.8) is 0 Å². The second kappa shape index (κ2) is 73.6. The number of hydrogen-bond donors (Lipinski definition) is 3. The van der Waals surface area contributed by atoms with E-state index in [0.29, 0.717) is 25.7 Å². The predicted molar refractivity (Wildman–Crippen MR) is 414 cm³/mol. The van der Waals surface area contributed by atoms with Gasteiger partial charge in [-0.15, -0.1) is 0 Å². The molecule has 0 aromatic heterocycles. The number of phosphoric ester groups is 2. The van der Waals surface area contributed by atoms with Crippen molar-refractivity contribution in [2.45, 2.75) is 452 Å². The van der Waals surface area contributed by atoms with Crippen LogP contribution in [0, 0.1) is 11.8 Å². The van der Waals surface area contributed by atoms with E-state index in [4.69, 9.17) is 37.0 Å². The number of rotatable bonds is 81. The van der Waals surface area contributed by atoms with Crippen LogP contribution in [0.3, 0.4) is 0 Å². The number of carbonyl (C=O) groups excluding carboxylic acids is 4. The molecule has 0 saturated carbocycles. The van der Waals surface area contributed by atoms with Gasteiger partial charge in [-0.3, -0.25) is 37.3 Å². The molecule has 0 aromatic carbocycles. The molecule has 0 spiro atoms. The molecule has 0 saturated heterocycles. The average Bonchev–Trinajstić information content (AvgIpc) is 0.963. The van der Waals surface area contributed by atoms with Crippen molar-refractivity contribution in [1.82, 2.24) is 0 Å². The van der Waals surface area contributed by atoms with Crippen LogP contribution in [0.2, 0.25) is 0 Å². The number of phosphoric acid groups is 2. The predicted octanol–water partition coefficient (Wildman–Crippen LogP) is 24.7. The lowest BCUT2D eigenvalue weighted by atomic mass is 10.0. The summed E-state index contributed by atoms with van der Waals surface area (Å²) in [4.78, 5) is 73.1. The fourth-order valence-electron chi connectivity index (χ4n) is 12.7. The number of aliphatic hydroxyl groups is 1. The van der Waals surface area contributed by atoms with Crippen molar-refractivity contribution >= 4 is 39.5 Å². The number of aliphatic hydroxyl groups excluding tert-OH is 1. The second-order valence-electron chi connectivity index (χ2n) is 30.5. The highest BCUT2D eigenvalue weighted by Gasteiger charge is 2.30. The molecule has 0 aromatic rings. The maximum absolute atomic E-state index is 13.1. The number of carbonyl (C=O) groups is 4. The third-order valence-corrected chi connectivity index (χ3v) is 21.1. The van der Waals surface area contributed by atoms with Gasteiger partial charge in [-0.05, 0) is 37.5 Å². The van der Waals surface area contributed by atoms with Crippen LogP contribution in [0.25, 0.3) is 0 Å². The van der Waals surface area contributed by atoms with Crippen LogP contribution < -0.4 is 0 Å². The molecule has 19 heteroatoms. The fourth-order valence-corrected chi connectivity index (χ4v) is 14.3. The molecule has 5 atom stereocenters. The molecule has 0 heterocycles. The van der Waals surface area contributed by atoms with E-state index in [-0.39, 0.29) is 25.7 Å². The Bertz CT molecular complexity index is 1940. The highest BCUT2D eigenvalue weighted by molar-refractivity contribution is 7.47. The van der Waals surface area contributed by atoms with Crippen LogP contribution >= 0.6 is 15.6 Å². The molecule has 0 radical (unpaired) electrons. The first-order chi connectivity index (χ1) is 48.9. The standard InChI is InChI=1S/C82H160O17P2/c1-7-9-11-13-15-17-19-21-22-23-24-25-26-27-32-36-42-48-54-60-66-81(86)98-77(70-93-80(85)65-59-53-47-41-35-31-29-28-30-33-38-44-50-56-62-74(3)4)72-96-100(88,89)94-68-76(83)69-95-101(90,91)97-73-78(99-82(87)67-61-55-49-43-37-39-45-51-57-63-75(5)6)71-92-79(84)64-58-52-46-40-34-20-18-16-14-12-10-8-2/h74-78,83H,7-73H2,1-6H3,(H,88,89)(H,90,91)/t76-,77-,78-/m1/s1. The summed E-state index contributed by atoms with van der Waals surface area (Å²) in [6.45, 7) is 9.64. The molecule has 0 fully saturated rings. The highest BCUT2D eigenvalue weighted by Crippen LogP contribution is 2.45. The summed E-state index contributed by atoms with van der Waals surface area (Å²) in [6, 6.07) is 0. The maximum Gasteiger partial charge on any atom is 0.472 e. The van der Waals surface area contributed by atoms with Crippen LogP contribution in [-0.2, 0) is 65.4 Å². The first-order valence-corrected chi connectivity index (χ1v) is 45.5. The van der Waals surface area contributed by atoms with Gasteiger partial charge in [0.25, 0.3) is 0 Å². The minimum absolute atomic E-state index is 0.106. The lowest BCUT2D eigenvalue weighted by molar-refractivity contribution is -0.161. The lowest BCUT2D eigenvalue weighted by Gasteiger charge is -2.21. The largest absolute Gasteiger partial charge is 0.472 e. The Labute approximate surface area is 619 Å². The molecule has 600 valence electrons. The molecule has 0 aliphatic carbocycles. The van der Waals surface area contributed by atoms with E-state index in [1.54, 1.807) is 0 Å². The molecule has 17 nitrogen and oxygen atoms in total. The Hall–Kier alpha value is -1.94. The van der Waals surface area contributed by atoms with Gasteiger partial charge < -0.3 is 33.8 Å². The van der Waals surface area contributed by atoms with Crippen LogP contribution in [0.1, 0.15) is 433 Å². The molecular formula is C82H160O17P2. The number of ether oxygens (including phenoxy) is 4. The van der Waals surface area contributed by atoms with Gasteiger partial charge >= 0.3 is 39.5 Å². The summed E-state index contributed by atoms with van der Waals surface area (Å²) in [7, 11) is -9.92. The van der Waals surface area contributed by atoms with E-state index in [1.165, 1.54) is 250 Å². The normalized spacial score (nSPS) is 13.9. The average molecular weight is 1480 g/mol. The third kappa shape index (κ3) is 76.1. The summed E-state index contributed by atoms with van der Waals surface area (Å²) in [5.41, 5.74) is 0. The van der Waals surface area contributed by atoms with Crippen molar-refractivity contribution in [3.05, 3.63) is 0 Å². The monoisotopic (exact) mass is 1480 g/mol. The molecule has 0 amide bonds. The van der Waals surface area contributed by atoms with Crippen LogP contribution in [-0.4, -0.2) is 96.7 Å². The Morgan fingerprint density at radius 2 is 0.455 bits per heavy atom. The second-order valence-corrected chi connectivity index (χ2v) is 33.4. The molecular weight excluding hydrogens is 1320 g/mol. The van der Waals surface area contributed by atoms with Gasteiger partial charge in [0, 0.05) is 25.7 Å². The van der Waals surface area contributed by atoms with Gasteiger partial charge in [0.1, 0.15) is 19.3 Å². The van der Waals surface area contributed by atoms with Gasteiger partial charge in [-0.1, -0.05) is 382 Å². The molecule has 3 N–H and O–H groups in total. The summed E-state index contributed by atoms with van der Waals surface area (Å²) < 4.78 is 68.8. The van der Waals surface area contributed by atoms with Crippen molar-refractivity contribution in [2.75, 3.05) is 39.6 Å². The number of hydrogen-bond acceptors (Lipinski definition) is 15. The minimum Gasteiger partial charge on any atom is -0.462 e. The quantitative estimate of drug-likeness (QED) is 0.0222. The maximum atomic E-state index is 13.1. The topological polar surface area (TPSA) is 237 Å². The molecule has 0 aliphatic heterocycles. The number of esters is 4. The van der Waals surface area contributed by atoms with Gasteiger partial charge in [0.15, 0.2) is 12.2 Å². The molecule has 0 aliphatic rings. The zero-order valence-corrected chi connectivity index (χ0v) is 68.0. The fraction of sp³-hybridized carbons (Fsp3) is 0.951. The lowest BCUT2D eigenvalue weighted by Crippen LogP contribution is -2.30. The van der Waals surface area contributed by atoms with Crippen molar-refractivity contribution < 1.29 is 80.2 Å². The Morgan fingerprint density at radius 1 is 0.267 bits per heavy atom. The van der Waals surface area contributed by atoms with Crippen molar-refractivity contribution in [2.24, 2.45) is 11.8 Å². The van der Waals surface area contributed by atoms with Crippen molar-refractivity contribution in [1.29, 1.82) is 0 Å². The number of unbranched alkanes of at least 4 members (excludes halogenated alkanes) is 51. The van der Waals surface area contributed by atoms with Gasteiger partial charge in [0.05, 0.1) is 26.4 Å². The van der Waals surface area contributed by atoms with E-state index >= 15 is 0 Å². The zero-order valence-electron chi connectivity index (χ0n) is 66.2. The minimum atomic E-state index is -4.96. The first-order valence-electron chi connectivity index (χ1n) is 42.5. The van der Waals surface area contributed by atoms with Crippen molar-refractivity contribution in [3.8, 4) is 0 Å². The van der Waals surface area contributed by atoms with Gasteiger partial charge in [0.2, 0.25) is 0 Å². The van der Waals surface area contributed by atoms with E-state index in [2.05, 4.69) is 41.5 Å². The molecule has 0 bridgehead atoms. The summed E-state index contributed by atoms with van der Waals surface area (Å²) in [5, 5.41) is 10.6. The SMILES string of the molecule is CCCCCCCCCCCCCCCCCCCCCCC(=O)O[C@H](COC(=O)CCCCCCCCCCCCCCCCC(C)C)COP(=O)(O)OC[C@@H](O)COP(=O)(O)OC[C@@H](COC(=O)CCCCCCCCCCCCCC)OC(=O)CCCCCCCCCCCC(C)C. The Kier molecular flexibility index (Phi) is 72.2. The van der Waals surface area contributed by atoms with Gasteiger partial charge in [-0.2, -0.15) is 0 Å². The van der Waals surface area contributed by atoms with Crippen LogP contribution in [0.4, 0.5) is 0 Å². The smallest absolute Gasteiger partial charge is 0.462 e. The first kappa shape index (κ1) is 99.1. The Balaban J connectivity index is 5.24. The molecule has 101 heavy (non-hydrogen) atoms. The van der Waals surface area contributed by atoms with E-state index in [9.17, 15) is 43.2 Å². The van der Waals surface area contributed by atoms with Crippen LogP contribution in [0.5, 0.6) is 0 Å². The third-order valence-electron chi connectivity index (χ3n) is 19.2. The van der Waals surface area contributed by atoms with E-state index in [1.807, 2.05) is 0 Å². The van der Waals surface area contributed by atoms with Crippen LogP contribution in [0.15, 0.2) is 0 Å². The molecule has 0 rings (SSSR count).